The van der Waals surface area contributed by atoms with Crippen LogP contribution in [0.5, 0.6) is 0 Å². The summed E-state index contributed by atoms with van der Waals surface area (Å²) in [6.45, 7) is 5.31. The molecule has 28 heavy (non-hydrogen) atoms. The van der Waals surface area contributed by atoms with Crippen molar-refractivity contribution in [1.82, 2.24) is 4.31 Å². The first kappa shape index (κ1) is 20.2. The highest BCUT2D eigenvalue weighted by Gasteiger charge is 2.32. The zero-order chi connectivity index (χ0) is 20.4. The first-order valence-electron chi connectivity index (χ1n) is 9.06. The van der Waals surface area contributed by atoms with E-state index in [0.29, 0.717) is 24.3 Å². The van der Waals surface area contributed by atoms with Gasteiger partial charge in [-0.25, -0.2) is 8.42 Å². The van der Waals surface area contributed by atoms with Crippen LogP contribution in [0.4, 0.5) is 11.4 Å². The quantitative estimate of drug-likeness (QED) is 0.761. The van der Waals surface area contributed by atoms with E-state index in [1.807, 2.05) is 0 Å². The molecule has 1 saturated heterocycles. The maximum absolute atomic E-state index is 12.8. The van der Waals surface area contributed by atoms with Gasteiger partial charge in [0.2, 0.25) is 10.0 Å². The number of piperidine rings is 1. The molecule has 0 aliphatic carbocycles. The Labute approximate surface area is 164 Å². The van der Waals surface area contributed by atoms with Gasteiger partial charge in [-0.3, -0.25) is 4.79 Å². The number of hydrogen-bond donors (Lipinski definition) is 1. The lowest BCUT2D eigenvalue weighted by Gasteiger charge is -2.36. The molecule has 1 aliphatic rings. The summed E-state index contributed by atoms with van der Waals surface area (Å²) in [5.74, 6) is -0.403. The maximum atomic E-state index is 12.8. The zero-order valence-electron chi connectivity index (χ0n) is 15.9. The zero-order valence-corrected chi connectivity index (χ0v) is 16.7. The number of hydrogen-bond acceptors (Lipinski definition) is 5. The van der Waals surface area contributed by atoms with Crippen molar-refractivity contribution in [2.45, 2.75) is 31.6 Å². The van der Waals surface area contributed by atoms with Gasteiger partial charge in [-0.05, 0) is 65.9 Å². The minimum atomic E-state index is -3.55. The molecule has 1 fully saturated rings. The molecule has 2 aromatic rings. The number of sulfonamides is 1. The Morgan fingerprint density at radius 3 is 2.32 bits per heavy atom. The summed E-state index contributed by atoms with van der Waals surface area (Å²) in [6, 6.07) is 12.1. The molecular formula is C20H23N3O4S. The Kier molecular flexibility index (Phi) is 5.62. The molecule has 148 valence electrons. The van der Waals surface area contributed by atoms with E-state index < -0.39 is 15.9 Å². The molecule has 1 N–H and O–H groups in total. The summed E-state index contributed by atoms with van der Waals surface area (Å²) in [6.07, 6.45) is 1.66. The molecule has 0 atom stereocenters. The van der Waals surface area contributed by atoms with Gasteiger partial charge in [0.05, 0.1) is 4.90 Å². The third-order valence-electron chi connectivity index (χ3n) is 5.04. The van der Waals surface area contributed by atoms with Crippen LogP contribution >= 0.6 is 0 Å². The van der Waals surface area contributed by atoms with Crippen LogP contribution in [0.3, 0.4) is 0 Å². The molecule has 0 spiro atoms. The molecule has 0 bridgehead atoms. The molecule has 7 nitrogen and oxygen atoms in total. The molecule has 3 rings (SSSR count). The second-order valence-corrected chi connectivity index (χ2v) is 9.63. The number of nitroso groups, excluding NO2 is 1. The van der Waals surface area contributed by atoms with Crippen molar-refractivity contribution in [1.29, 1.82) is 0 Å². The Morgan fingerprint density at radius 2 is 1.71 bits per heavy atom. The summed E-state index contributed by atoms with van der Waals surface area (Å²) in [5.41, 5.74) is 1.09. The molecule has 0 unspecified atom stereocenters. The summed E-state index contributed by atoms with van der Waals surface area (Å²) in [7, 11) is -3.55. The minimum absolute atomic E-state index is 0.164. The van der Waals surface area contributed by atoms with Crippen LogP contribution in [-0.4, -0.2) is 31.7 Å². The lowest BCUT2D eigenvalue weighted by atomic mass is 9.83. The summed E-state index contributed by atoms with van der Waals surface area (Å²) >= 11 is 0. The Morgan fingerprint density at radius 1 is 1.07 bits per heavy atom. The lowest BCUT2D eigenvalue weighted by Crippen LogP contribution is -2.41. The average Bonchev–Trinajstić information content (AvgIpc) is 2.68. The van der Waals surface area contributed by atoms with Crippen LogP contribution in [0.1, 0.15) is 37.0 Å². The Hall–Kier alpha value is -2.58. The van der Waals surface area contributed by atoms with E-state index in [0.717, 1.165) is 12.8 Å². The normalized spacial score (nSPS) is 17.1. The molecular weight excluding hydrogens is 378 g/mol. The number of rotatable bonds is 5. The fourth-order valence-corrected chi connectivity index (χ4v) is 4.54. The third-order valence-corrected chi connectivity index (χ3v) is 6.95. The van der Waals surface area contributed by atoms with E-state index in [9.17, 15) is 18.1 Å². The SMILES string of the molecule is CC1(C)CCN(S(=O)(=O)c2ccc(NC(=O)c3cccc(N=O)c3)cc2)CC1. The van der Waals surface area contributed by atoms with Gasteiger partial charge in [-0.15, -0.1) is 4.91 Å². The van der Waals surface area contributed by atoms with Crippen molar-refractivity contribution < 1.29 is 13.2 Å². The van der Waals surface area contributed by atoms with E-state index in [1.54, 1.807) is 24.3 Å². The monoisotopic (exact) mass is 401 g/mol. The van der Waals surface area contributed by atoms with Gasteiger partial charge in [-0.1, -0.05) is 19.9 Å². The van der Waals surface area contributed by atoms with E-state index >= 15 is 0 Å². The van der Waals surface area contributed by atoms with Crippen molar-refractivity contribution >= 4 is 27.3 Å². The standard InChI is InChI=1S/C20H23N3O4S/c1-20(2)10-12-23(13-11-20)28(26,27)18-8-6-16(7-9-18)21-19(24)15-4-3-5-17(14-15)22-25/h3-9,14H,10-13H2,1-2H3,(H,21,24). The van der Waals surface area contributed by atoms with E-state index in [1.165, 1.54) is 28.6 Å². The smallest absolute Gasteiger partial charge is 0.255 e. The highest BCUT2D eigenvalue weighted by atomic mass is 32.2. The van der Waals surface area contributed by atoms with Crippen molar-refractivity contribution in [2.75, 3.05) is 18.4 Å². The highest BCUT2D eigenvalue weighted by molar-refractivity contribution is 7.89. The number of anilines is 1. The van der Waals surface area contributed by atoms with Gasteiger partial charge in [-0.2, -0.15) is 4.31 Å². The van der Waals surface area contributed by atoms with E-state index in [4.69, 9.17) is 0 Å². The van der Waals surface area contributed by atoms with Crippen LogP contribution in [0.15, 0.2) is 58.6 Å². The largest absolute Gasteiger partial charge is 0.322 e. The second kappa shape index (κ2) is 7.81. The van der Waals surface area contributed by atoms with Gasteiger partial charge in [0.25, 0.3) is 5.91 Å². The van der Waals surface area contributed by atoms with E-state index in [2.05, 4.69) is 24.3 Å². The topological polar surface area (TPSA) is 95.9 Å². The van der Waals surface area contributed by atoms with E-state index in [-0.39, 0.29) is 16.0 Å². The molecule has 1 amide bonds. The molecule has 8 heteroatoms. The molecule has 0 radical (unpaired) electrons. The summed E-state index contributed by atoms with van der Waals surface area (Å²) in [5, 5.41) is 5.50. The number of benzene rings is 2. The second-order valence-electron chi connectivity index (χ2n) is 7.69. The van der Waals surface area contributed by atoms with Crippen LogP contribution in [0.2, 0.25) is 0 Å². The van der Waals surface area contributed by atoms with Crippen molar-refractivity contribution in [3.8, 4) is 0 Å². The summed E-state index contributed by atoms with van der Waals surface area (Å²) < 4.78 is 27.2. The van der Waals surface area contributed by atoms with Crippen LogP contribution in [0.25, 0.3) is 0 Å². The predicted molar refractivity (Wildman–Crippen MR) is 108 cm³/mol. The van der Waals surface area contributed by atoms with Gasteiger partial charge in [0.1, 0.15) is 5.69 Å². The molecule has 1 heterocycles. The minimum Gasteiger partial charge on any atom is -0.322 e. The molecule has 0 saturated carbocycles. The van der Waals surface area contributed by atoms with Crippen molar-refractivity contribution in [2.24, 2.45) is 10.6 Å². The Bertz CT molecular complexity index is 975. The number of amides is 1. The van der Waals surface area contributed by atoms with Gasteiger partial charge < -0.3 is 5.32 Å². The average molecular weight is 401 g/mol. The van der Waals surface area contributed by atoms with Gasteiger partial charge in [0.15, 0.2) is 0 Å². The van der Waals surface area contributed by atoms with Crippen molar-refractivity contribution in [3.05, 3.63) is 59.0 Å². The van der Waals surface area contributed by atoms with Gasteiger partial charge >= 0.3 is 0 Å². The first-order chi connectivity index (χ1) is 13.2. The number of nitrogens with zero attached hydrogens (tertiary/aromatic N) is 2. The molecule has 2 aromatic carbocycles. The van der Waals surface area contributed by atoms with Crippen LogP contribution < -0.4 is 5.32 Å². The van der Waals surface area contributed by atoms with Gasteiger partial charge in [0, 0.05) is 24.3 Å². The summed E-state index contributed by atoms with van der Waals surface area (Å²) in [4.78, 5) is 23.1. The fraction of sp³-hybridized carbons (Fsp3) is 0.350. The number of nitrogens with one attached hydrogen (secondary N) is 1. The molecule has 0 aromatic heterocycles. The molecule has 1 aliphatic heterocycles. The van der Waals surface area contributed by atoms with Crippen LogP contribution in [-0.2, 0) is 10.0 Å². The maximum Gasteiger partial charge on any atom is 0.255 e. The highest BCUT2D eigenvalue weighted by Crippen LogP contribution is 2.32. The number of carbonyl (C=O) groups is 1. The predicted octanol–water partition coefficient (Wildman–Crippen LogP) is 4.15. The third kappa shape index (κ3) is 4.45. The lowest BCUT2D eigenvalue weighted by molar-refractivity contribution is 0.102. The number of carbonyl (C=O) groups excluding carboxylic acids is 1. The van der Waals surface area contributed by atoms with Crippen LogP contribution in [0, 0.1) is 10.3 Å². The van der Waals surface area contributed by atoms with Crippen molar-refractivity contribution in [3.63, 3.8) is 0 Å². The Balaban J connectivity index is 1.70. The fourth-order valence-electron chi connectivity index (χ4n) is 3.10. The first-order valence-corrected chi connectivity index (χ1v) is 10.5.